The summed E-state index contributed by atoms with van der Waals surface area (Å²) in [6, 6.07) is -1.12. The Bertz CT molecular complexity index is 1280. The first-order valence-electron chi connectivity index (χ1n) is 18.4. The van der Waals surface area contributed by atoms with Crippen molar-refractivity contribution < 1.29 is 69.1 Å². The van der Waals surface area contributed by atoms with Crippen molar-refractivity contribution in [3.05, 3.63) is 48.6 Å². The number of carboxylic acids is 1. The smallest absolute Gasteiger partial charge is 0.311 e. The number of aliphatic hydroxyl groups excluding tert-OH is 6. The number of allylic oxidation sites excluding steroid dienone is 6. The van der Waals surface area contributed by atoms with Gasteiger partial charge in [-0.1, -0.05) is 62.5 Å². The van der Waals surface area contributed by atoms with Gasteiger partial charge >= 0.3 is 11.9 Å². The predicted octanol–water partition coefficient (Wildman–Crippen LogP) is 1.16. The van der Waals surface area contributed by atoms with Crippen molar-refractivity contribution >= 4 is 23.5 Å². The summed E-state index contributed by atoms with van der Waals surface area (Å²) in [7, 11) is 0. The normalized spacial score (nSPS) is 39.5. The molecule has 9 unspecified atom stereocenters. The lowest BCUT2D eigenvalue weighted by molar-refractivity contribution is -0.277. The van der Waals surface area contributed by atoms with Gasteiger partial charge in [0.2, 0.25) is 0 Å². The molecular weight excluding hydrogens is 694 g/mol. The van der Waals surface area contributed by atoms with Gasteiger partial charge in [-0.2, -0.15) is 0 Å². The van der Waals surface area contributed by atoms with Crippen molar-refractivity contribution in [2.24, 2.45) is 17.6 Å². The Hall–Kier alpha value is -3.12. The third kappa shape index (κ3) is 15.6. The lowest BCUT2D eigenvalue weighted by Crippen LogP contribution is -2.61. The van der Waals surface area contributed by atoms with Gasteiger partial charge < -0.3 is 55.7 Å². The van der Waals surface area contributed by atoms with Crippen LogP contribution in [0.15, 0.2) is 48.6 Å². The summed E-state index contributed by atoms with van der Waals surface area (Å²) >= 11 is 0. The van der Waals surface area contributed by atoms with E-state index >= 15 is 0 Å². The van der Waals surface area contributed by atoms with Gasteiger partial charge in [0.25, 0.3) is 0 Å². The second kappa shape index (κ2) is 23.6. The number of carbonyl (C=O) groups excluding carboxylic acids is 3. The molecule has 0 saturated carbocycles. The van der Waals surface area contributed by atoms with Gasteiger partial charge in [0, 0.05) is 38.5 Å². The molecule has 0 aromatic heterocycles. The summed E-state index contributed by atoms with van der Waals surface area (Å²) in [4.78, 5) is 50.4. The number of esters is 1. The standard InChI is InChI=1S/C38H59NO14/c1-4-26-16-11-9-7-6-8-10-12-17-27(53-38-35(47)33(39)34(46)22(3)51-38)21-31(45)32(36(48)49)30(44)20-25(42)18-23(40)14-13-15-24(41)19-29(43)28(5-2)37(50)52-26/h6-12,17,22-23,26-35,38,40,43-47H,4-5,13-16,18-21,39H2,1-3H3,(H,48,49)/b7-6-,10-8-,11-9-,17-12-/t22-,23?,26?,27?,28?,29?,30?,31?,32?,33+,34-,35+,38?/m1/s1. The number of hydrogen-bond acceptors (Lipinski definition) is 14. The average molecular weight is 754 g/mol. The topological polar surface area (TPSA) is 264 Å². The van der Waals surface area contributed by atoms with Crippen LogP contribution in [0.4, 0.5) is 0 Å². The minimum atomic E-state index is -1.84. The molecule has 0 amide bonds. The zero-order valence-corrected chi connectivity index (χ0v) is 30.8. The van der Waals surface area contributed by atoms with Crippen LogP contribution >= 0.6 is 0 Å². The molecule has 0 spiro atoms. The highest BCUT2D eigenvalue weighted by atomic mass is 16.7. The van der Waals surface area contributed by atoms with E-state index in [4.69, 9.17) is 19.9 Å². The van der Waals surface area contributed by atoms with Crippen LogP contribution in [0.2, 0.25) is 0 Å². The number of aliphatic carboxylic acids is 1. The minimum absolute atomic E-state index is 0.0270. The van der Waals surface area contributed by atoms with Gasteiger partial charge in [0.15, 0.2) is 6.29 Å². The fourth-order valence-corrected chi connectivity index (χ4v) is 6.22. The van der Waals surface area contributed by atoms with E-state index in [9.17, 15) is 54.9 Å². The Balaban J connectivity index is 2.32. The lowest BCUT2D eigenvalue weighted by Gasteiger charge is -2.41. The molecule has 2 aliphatic heterocycles. The largest absolute Gasteiger partial charge is 0.481 e. The van der Waals surface area contributed by atoms with E-state index < -0.39 is 116 Å². The average Bonchev–Trinajstić information content (AvgIpc) is 3.07. The first-order chi connectivity index (χ1) is 25.1. The van der Waals surface area contributed by atoms with Crippen molar-refractivity contribution in [2.75, 3.05) is 0 Å². The first kappa shape index (κ1) is 46.0. The Kier molecular flexibility index (Phi) is 20.5. The molecule has 15 nitrogen and oxygen atoms in total. The predicted molar refractivity (Wildman–Crippen MR) is 192 cm³/mol. The number of aliphatic hydroxyl groups is 6. The maximum atomic E-state index is 12.9. The van der Waals surface area contributed by atoms with E-state index in [0.29, 0.717) is 12.8 Å². The van der Waals surface area contributed by atoms with Crippen LogP contribution in [0, 0.1) is 11.8 Å². The summed E-state index contributed by atoms with van der Waals surface area (Å²) in [6.45, 7) is 5.10. The van der Waals surface area contributed by atoms with Crippen LogP contribution in [0.3, 0.4) is 0 Å². The summed E-state index contributed by atoms with van der Waals surface area (Å²) < 4.78 is 17.1. The maximum absolute atomic E-state index is 12.9. The maximum Gasteiger partial charge on any atom is 0.311 e. The molecule has 53 heavy (non-hydrogen) atoms. The lowest BCUT2D eigenvalue weighted by atomic mass is 9.88. The molecule has 2 aliphatic rings. The van der Waals surface area contributed by atoms with E-state index in [0.717, 1.165) is 0 Å². The molecule has 1 fully saturated rings. The molecule has 300 valence electrons. The van der Waals surface area contributed by atoms with E-state index in [1.165, 1.54) is 13.0 Å². The molecule has 2 rings (SSSR count). The number of hydrogen-bond donors (Lipinski definition) is 8. The number of nitrogens with two attached hydrogens (primary N) is 1. The van der Waals surface area contributed by atoms with E-state index in [2.05, 4.69) is 0 Å². The zero-order valence-electron chi connectivity index (χ0n) is 30.8. The number of carbonyl (C=O) groups is 4. The van der Waals surface area contributed by atoms with E-state index in [1.54, 1.807) is 43.4 Å². The summed E-state index contributed by atoms with van der Waals surface area (Å²) in [6.07, 6.45) is 0.404. The van der Waals surface area contributed by atoms with Crippen LogP contribution in [0.25, 0.3) is 0 Å². The molecule has 0 aromatic rings. The van der Waals surface area contributed by atoms with Crippen molar-refractivity contribution in [1.29, 1.82) is 0 Å². The highest BCUT2D eigenvalue weighted by Crippen LogP contribution is 2.26. The number of carboxylic acid groups (broad SMARTS) is 1. The molecule has 9 N–H and O–H groups in total. The molecule has 15 heteroatoms. The summed E-state index contributed by atoms with van der Waals surface area (Å²) in [5.74, 6) is -5.93. The molecule has 0 aromatic carbocycles. The first-order valence-corrected chi connectivity index (χ1v) is 18.4. The third-order valence-electron chi connectivity index (χ3n) is 9.49. The van der Waals surface area contributed by atoms with Gasteiger partial charge in [0.05, 0.1) is 54.7 Å². The Labute approximate surface area is 310 Å². The highest BCUT2D eigenvalue weighted by molar-refractivity contribution is 5.81. The van der Waals surface area contributed by atoms with Gasteiger partial charge in [0.1, 0.15) is 29.7 Å². The summed E-state index contributed by atoms with van der Waals surface area (Å²) in [5.41, 5.74) is 5.93. The molecule has 2 heterocycles. The van der Waals surface area contributed by atoms with Crippen LogP contribution in [0.5, 0.6) is 0 Å². The van der Waals surface area contributed by atoms with Crippen LogP contribution in [-0.4, -0.2) is 127 Å². The quantitative estimate of drug-likeness (QED) is 0.183. The fourth-order valence-electron chi connectivity index (χ4n) is 6.22. The Morgan fingerprint density at radius 1 is 0.849 bits per heavy atom. The van der Waals surface area contributed by atoms with Crippen LogP contribution < -0.4 is 5.73 Å². The van der Waals surface area contributed by atoms with Gasteiger partial charge in [-0.3, -0.25) is 19.2 Å². The Morgan fingerprint density at radius 3 is 2.13 bits per heavy atom. The SMILES string of the molecule is CCC1C\C=C/C=C\C=C/C=C\C(OC2O[C@H](C)[C@@H](O)[C@H](N)[C@@H]2O)CC(O)C(C(=O)O)C(O)CC(=O)CC(O)CCCC(=O)CC(O)C(CC)C(=O)O1. The van der Waals surface area contributed by atoms with E-state index in [-0.39, 0.29) is 37.9 Å². The van der Waals surface area contributed by atoms with Crippen LogP contribution in [-0.2, 0) is 33.4 Å². The van der Waals surface area contributed by atoms with Crippen molar-refractivity contribution in [3.8, 4) is 0 Å². The second-order valence-electron chi connectivity index (χ2n) is 13.8. The molecule has 0 bridgehead atoms. The second-order valence-corrected chi connectivity index (χ2v) is 13.8. The number of Topliss-reactive ketones (excluding diaryl/α,β-unsaturated/α-hetero) is 2. The van der Waals surface area contributed by atoms with Gasteiger partial charge in [-0.05, 0) is 32.6 Å². The highest BCUT2D eigenvalue weighted by Gasteiger charge is 2.43. The van der Waals surface area contributed by atoms with Gasteiger partial charge in [-0.15, -0.1) is 0 Å². The number of ether oxygens (including phenoxy) is 3. The summed E-state index contributed by atoms with van der Waals surface area (Å²) in [5, 5.41) is 73.6. The number of rotatable bonds is 5. The molecule has 0 aliphatic carbocycles. The third-order valence-corrected chi connectivity index (χ3v) is 9.49. The van der Waals surface area contributed by atoms with Crippen molar-refractivity contribution in [2.45, 2.75) is 152 Å². The zero-order chi connectivity index (χ0) is 39.7. The molecule has 13 atom stereocenters. The monoisotopic (exact) mass is 753 g/mol. The van der Waals surface area contributed by atoms with E-state index in [1.807, 2.05) is 13.0 Å². The number of cyclic esters (lactones) is 1. The Morgan fingerprint density at radius 2 is 1.49 bits per heavy atom. The van der Waals surface area contributed by atoms with Crippen molar-refractivity contribution in [1.82, 2.24) is 0 Å². The van der Waals surface area contributed by atoms with Gasteiger partial charge in [-0.25, -0.2) is 0 Å². The van der Waals surface area contributed by atoms with Crippen molar-refractivity contribution in [3.63, 3.8) is 0 Å². The van der Waals surface area contributed by atoms with Crippen LogP contribution in [0.1, 0.15) is 85.0 Å². The minimum Gasteiger partial charge on any atom is -0.481 e. The fraction of sp³-hybridized carbons (Fsp3) is 0.684. The number of ketones is 2. The molecule has 1 saturated heterocycles. The molecular formula is C38H59NO14. The molecule has 0 radical (unpaired) electrons.